The zero-order chi connectivity index (χ0) is 21.3. The minimum absolute atomic E-state index is 0.290. The van der Waals surface area contributed by atoms with E-state index in [4.69, 9.17) is 4.74 Å². The van der Waals surface area contributed by atoms with E-state index in [1.165, 1.54) is 15.7 Å². The minimum Gasteiger partial charge on any atom is -0.487 e. The molecule has 1 aliphatic rings. The third kappa shape index (κ3) is 4.18. The van der Waals surface area contributed by atoms with Gasteiger partial charge in [-0.05, 0) is 92.2 Å². The fraction of sp³-hybridized carbons (Fsp3) is 0.130. The molecule has 0 saturated carbocycles. The van der Waals surface area contributed by atoms with Gasteiger partial charge < -0.3 is 10.1 Å². The van der Waals surface area contributed by atoms with Gasteiger partial charge in [0.1, 0.15) is 18.1 Å². The van der Waals surface area contributed by atoms with Crippen molar-refractivity contribution in [3.05, 3.63) is 78.6 Å². The highest BCUT2D eigenvalue weighted by Crippen LogP contribution is 2.31. The summed E-state index contributed by atoms with van der Waals surface area (Å²) in [7, 11) is 0. The first kappa shape index (κ1) is 21.1. The van der Waals surface area contributed by atoms with Gasteiger partial charge in [0.15, 0.2) is 0 Å². The number of carbonyl (C=O) groups is 2. The van der Waals surface area contributed by atoms with Crippen LogP contribution in [0.4, 0.5) is 4.79 Å². The van der Waals surface area contributed by atoms with Crippen molar-refractivity contribution in [1.82, 2.24) is 10.2 Å². The average Bonchev–Trinajstić information content (AvgIpc) is 2.99. The average molecular weight is 624 g/mol. The van der Waals surface area contributed by atoms with Crippen molar-refractivity contribution in [3.8, 4) is 5.75 Å². The summed E-state index contributed by atoms with van der Waals surface area (Å²) < 4.78 is 8.06. The molecule has 1 fully saturated rings. The quantitative estimate of drug-likeness (QED) is 0.231. The third-order valence-corrected chi connectivity index (χ3v) is 6.46. The molecule has 0 aromatic heterocycles. The van der Waals surface area contributed by atoms with Crippen LogP contribution in [0.1, 0.15) is 18.1 Å². The monoisotopic (exact) mass is 624 g/mol. The molecule has 0 spiro atoms. The molecule has 0 atom stereocenters. The van der Waals surface area contributed by atoms with Crippen LogP contribution in [0.2, 0.25) is 0 Å². The van der Waals surface area contributed by atoms with Gasteiger partial charge >= 0.3 is 6.03 Å². The predicted molar refractivity (Wildman–Crippen MR) is 134 cm³/mol. The summed E-state index contributed by atoms with van der Waals surface area (Å²) in [4.78, 5) is 25.3. The van der Waals surface area contributed by atoms with E-state index >= 15 is 0 Å². The van der Waals surface area contributed by atoms with Gasteiger partial charge in [0.05, 0.1) is 7.14 Å². The number of hydrogen-bond donors (Lipinski definition) is 1. The number of fused-ring (bicyclic) bond motifs is 1. The number of nitrogens with one attached hydrogen (secondary N) is 1. The second kappa shape index (κ2) is 8.93. The summed E-state index contributed by atoms with van der Waals surface area (Å²) >= 11 is 4.48. The maximum absolute atomic E-state index is 12.3. The number of carbonyl (C=O) groups excluding carboxylic acids is 2. The van der Waals surface area contributed by atoms with E-state index in [-0.39, 0.29) is 17.6 Å². The maximum Gasteiger partial charge on any atom is 0.328 e. The van der Waals surface area contributed by atoms with Crippen LogP contribution in [0.3, 0.4) is 0 Å². The summed E-state index contributed by atoms with van der Waals surface area (Å²) in [5.41, 5.74) is 2.26. The standard InChI is InChI=1S/C23H18I2N2O3/c1-2-27-22(28)20(26-23(27)29)12-14-10-18(24)21(19(25)11-14)30-13-16-8-5-7-15-6-3-4-9-17(15)16/h3-12H,2,13H2,1H3,(H,26,29)/b20-12+. The van der Waals surface area contributed by atoms with Gasteiger partial charge in [-0.2, -0.15) is 0 Å². The van der Waals surface area contributed by atoms with Crippen molar-refractivity contribution < 1.29 is 14.3 Å². The molecule has 0 bridgehead atoms. The normalized spacial score (nSPS) is 15.2. The Hall–Kier alpha value is -2.14. The van der Waals surface area contributed by atoms with Gasteiger partial charge in [0.2, 0.25) is 0 Å². The summed E-state index contributed by atoms with van der Waals surface area (Å²) in [6.07, 6.45) is 1.70. The van der Waals surface area contributed by atoms with Crippen molar-refractivity contribution >= 4 is 74.0 Å². The number of halogens is 2. The Morgan fingerprint density at radius 1 is 1.03 bits per heavy atom. The van der Waals surface area contributed by atoms with Crippen molar-refractivity contribution in [3.63, 3.8) is 0 Å². The highest BCUT2D eigenvalue weighted by Gasteiger charge is 2.32. The van der Waals surface area contributed by atoms with Crippen molar-refractivity contribution in [2.75, 3.05) is 6.54 Å². The molecule has 3 aromatic carbocycles. The number of ether oxygens (including phenoxy) is 1. The molecule has 1 saturated heterocycles. The first-order chi connectivity index (χ1) is 14.5. The lowest BCUT2D eigenvalue weighted by Crippen LogP contribution is -2.30. The number of rotatable bonds is 5. The lowest BCUT2D eigenvalue weighted by molar-refractivity contribution is -0.122. The number of nitrogens with zero attached hydrogens (tertiary/aromatic N) is 1. The summed E-state index contributed by atoms with van der Waals surface area (Å²) in [5, 5.41) is 5.00. The molecule has 7 heteroatoms. The molecule has 30 heavy (non-hydrogen) atoms. The van der Waals surface area contributed by atoms with Crippen LogP contribution in [-0.2, 0) is 11.4 Å². The molecule has 152 valence electrons. The highest BCUT2D eigenvalue weighted by atomic mass is 127. The van der Waals surface area contributed by atoms with Gasteiger partial charge in [0, 0.05) is 6.54 Å². The molecule has 0 radical (unpaired) electrons. The molecule has 5 nitrogen and oxygen atoms in total. The fourth-order valence-corrected chi connectivity index (χ4v) is 5.52. The van der Waals surface area contributed by atoms with Gasteiger partial charge in [-0.1, -0.05) is 42.5 Å². The number of hydrogen-bond acceptors (Lipinski definition) is 3. The number of urea groups is 1. The predicted octanol–water partition coefficient (Wildman–Crippen LogP) is 5.54. The van der Waals surface area contributed by atoms with Crippen molar-refractivity contribution in [2.24, 2.45) is 0 Å². The van der Waals surface area contributed by atoms with Crippen molar-refractivity contribution in [2.45, 2.75) is 13.5 Å². The molecule has 1 aliphatic heterocycles. The Morgan fingerprint density at radius 3 is 2.43 bits per heavy atom. The molecule has 1 N–H and O–H groups in total. The number of benzene rings is 3. The maximum atomic E-state index is 12.3. The van der Waals surface area contributed by atoms with Crippen LogP contribution in [0.15, 0.2) is 60.3 Å². The minimum atomic E-state index is -0.381. The third-order valence-electron chi connectivity index (χ3n) is 4.86. The first-order valence-corrected chi connectivity index (χ1v) is 11.6. The molecule has 3 amide bonds. The van der Waals surface area contributed by atoms with Crippen LogP contribution < -0.4 is 10.1 Å². The highest BCUT2D eigenvalue weighted by molar-refractivity contribution is 14.1. The van der Waals surface area contributed by atoms with Crippen LogP contribution in [-0.4, -0.2) is 23.4 Å². The van der Waals surface area contributed by atoms with E-state index in [1.807, 2.05) is 30.3 Å². The van der Waals surface area contributed by atoms with Gasteiger partial charge in [-0.25, -0.2) is 4.79 Å². The SMILES string of the molecule is CCN1C(=O)N/C(=C/c2cc(I)c(OCc3cccc4ccccc34)c(I)c2)C1=O. The Labute approximate surface area is 201 Å². The number of likely N-dealkylation sites (N-methyl/N-ethyl adjacent to an activating group) is 1. The van der Waals surface area contributed by atoms with E-state index in [9.17, 15) is 9.59 Å². The summed E-state index contributed by atoms with van der Waals surface area (Å²) in [5.74, 6) is 0.507. The summed E-state index contributed by atoms with van der Waals surface area (Å²) in [6, 6.07) is 18.0. The Kier molecular flexibility index (Phi) is 6.28. The Balaban J connectivity index is 1.57. The van der Waals surface area contributed by atoms with Gasteiger partial charge in [0.25, 0.3) is 5.91 Å². The second-order valence-electron chi connectivity index (χ2n) is 6.78. The lowest BCUT2D eigenvalue weighted by atomic mass is 10.1. The molecule has 4 rings (SSSR count). The van der Waals surface area contributed by atoms with Crippen LogP contribution in [0, 0.1) is 7.14 Å². The summed E-state index contributed by atoms with van der Waals surface area (Å²) in [6.45, 7) is 2.58. The Morgan fingerprint density at radius 2 is 1.73 bits per heavy atom. The second-order valence-corrected chi connectivity index (χ2v) is 9.10. The molecule has 1 heterocycles. The fourth-order valence-electron chi connectivity index (χ4n) is 3.39. The molecule has 0 aliphatic carbocycles. The van der Waals surface area contributed by atoms with E-state index in [0.29, 0.717) is 13.2 Å². The van der Waals surface area contributed by atoms with E-state index in [0.717, 1.165) is 24.0 Å². The zero-order valence-corrected chi connectivity index (χ0v) is 20.4. The van der Waals surface area contributed by atoms with Crippen molar-refractivity contribution in [1.29, 1.82) is 0 Å². The zero-order valence-electron chi connectivity index (χ0n) is 16.1. The van der Waals surface area contributed by atoms with Gasteiger partial charge in [-0.15, -0.1) is 0 Å². The van der Waals surface area contributed by atoms with E-state index in [2.05, 4.69) is 74.8 Å². The van der Waals surface area contributed by atoms with Crippen LogP contribution >= 0.6 is 45.2 Å². The molecule has 3 aromatic rings. The number of imide groups is 1. The van der Waals surface area contributed by atoms with E-state index in [1.54, 1.807) is 13.0 Å². The van der Waals surface area contributed by atoms with E-state index < -0.39 is 0 Å². The number of amides is 3. The lowest BCUT2D eigenvalue weighted by Gasteiger charge is -2.13. The largest absolute Gasteiger partial charge is 0.487 e. The smallest absolute Gasteiger partial charge is 0.328 e. The first-order valence-electron chi connectivity index (χ1n) is 9.41. The molecule has 0 unspecified atom stereocenters. The van der Waals surface area contributed by atoms with Crippen LogP contribution in [0.5, 0.6) is 5.75 Å². The molecular formula is C23H18I2N2O3. The topological polar surface area (TPSA) is 58.6 Å². The van der Waals surface area contributed by atoms with Gasteiger partial charge in [-0.3, -0.25) is 9.69 Å². The van der Waals surface area contributed by atoms with Crippen LogP contribution in [0.25, 0.3) is 16.8 Å². The Bertz CT molecular complexity index is 1160. The molecular weight excluding hydrogens is 606 g/mol.